The number of anilines is 1. The molecule has 0 amide bonds. The predicted octanol–water partition coefficient (Wildman–Crippen LogP) is 21.5. The number of nitrogens with two attached hydrogens (primary N) is 1. The molecule has 0 bridgehead atoms. The van der Waals surface area contributed by atoms with Crippen LogP contribution in [0.5, 0.6) is 0 Å². The van der Waals surface area contributed by atoms with Gasteiger partial charge in [0.1, 0.15) is 29.9 Å². The van der Waals surface area contributed by atoms with Gasteiger partial charge in [-0.3, -0.25) is 5.10 Å². The molecule has 1 saturated heterocycles. The van der Waals surface area contributed by atoms with E-state index in [9.17, 15) is 23.2 Å². The average Bonchev–Trinajstić information content (AvgIpc) is 1.12. The van der Waals surface area contributed by atoms with Crippen LogP contribution in [0.4, 0.5) is 19.3 Å². The number of rotatable bonds is 16. The zero-order chi connectivity index (χ0) is 83.4. The molecule has 1 aliphatic heterocycles. The van der Waals surface area contributed by atoms with Gasteiger partial charge in [0.15, 0.2) is 0 Å². The summed E-state index contributed by atoms with van der Waals surface area (Å²) in [6.45, 7) is 28.0. The van der Waals surface area contributed by atoms with E-state index in [0.717, 1.165) is 54.1 Å². The van der Waals surface area contributed by atoms with E-state index in [1.54, 1.807) is 71.0 Å². The summed E-state index contributed by atoms with van der Waals surface area (Å²) in [7, 11) is 3.89. The molecule has 0 unspecified atom stereocenters. The van der Waals surface area contributed by atoms with Crippen LogP contribution >= 0.6 is 33.4 Å². The van der Waals surface area contributed by atoms with Crippen molar-refractivity contribution in [1.29, 1.82) is 0 Å². The number of hydrogen-bond donors (Lipinski definition) is 2. The third kappa shape index (κ3) is 23.9. The standard InChI is InChI=1S/C33H49P.C18H14FN5O.C15H11BrFN3O.C14H23BN2O4.C12H10N.ClH.Pd/c1-23(2)27-21-31(24(3)4)33(32(22-27)25(5)6)26-14-13-19-30(20-26)34(28-15-9-7-10-16-28)29-17-11-8-12-18-29;19-16-3-1-2-13(8-16)11-24-18(25)23(12-22-24)17-6-4-14(5-7-17)15-9-20-21-10-15;16-12-4-6-14(7-5-12)19-10-18-20(15(19)21)9-11-2-1-3-13(17)8-11;1-12(2,3)19-11(18)17-9-10(8-16-17)15-20-13(4,5)14(6,7)21-15;13-12-9-5-4-8-11(12)10-6-2-1-3-7-10;;/h13-14,19-25,28-29H,7-12,15-18H2,1-6H3;1-10,12H,11H2,(H,20,21);1-8,10H,9H2;8-9H,1-7H3;1-6,8-9H,13H2;1H;/q;;;;-1;;+2/p-1. The first-order chi connectivity index (χ1) is 55.5. The minimum atomic E-state index is -0.562. The van der Waals surface area contributed by atoms with Gasteiger partial charge in [0.05, 0.1) is 41.9 Å². The fourth-order valence-corrected chi connectivity index (χ4v) is 18.5. The van der Waals surface area contributed by atoms with Crippen LogP contribution in [0.15, 0.2) is 233 Å². The molecule has 0 spiro atoms. The first-order valence-electron chi connectivity index (χ1n) is 39.8. The Hall–Kier alpha value is -8.96. The van der Waals surface area contributed by atoms with Crippen molar-refractivity contribution in [2.75, 3.05) is 5.73 Å². The molecule has 8 aromatic carbocycles. The number of nitrogens with zero attached hydrogens (tertiary/aromatic N) is 9. The molecular formula is C92H107BBrClF2N11O6PPd. The number of benzene rings is 8. The number of hydrogen-bond acceptors (Lipinski definition) is 11. The molecule has 24 heteroatoms. The number of para-hydroxylation sites is 1. The second-order valence-corrected chi connectivity index (χ2v) is 36.1. The van der Waals surface area contributed by atoms with Gasteiger partial charge in [-0.15, -0.1) is 35.9 Å². The summed E-state index contributed by atoms with van der Waals surface area (Å²) < 4.78 is 51.1. The van der Waals surface area contributed by atoms with Gasteiger partial charge in [-0.25, -0.2) is 41.7 Å². The summed E-state index contributed by atoms with van der Waals surface area (Å²) >= 11 is 5.57. The molecule has 12 aromatic rings. The van der Waals surface area contributed by atoms with Crippen LogP contribution in [0, 0.1) is 17.7 Å². The summed E-state index contributed by atoms with van der Waals surface area (Å²) in [5, 5.41) is 20.6. The average molecular weight is 1760 g/mol. The third-order valence-electron chi connectivity index (χ3n) is 21.2. The Morgan fingerprint density at radius 3 is 1.63 bits per heavy atom. The van der Waals surface area contributed by atoms with E-state index in [-0.39, 0.29) is 44.0 Å². The van der Waals surface area contributed by atoms with Crippen LogP contribution in [-0.2, 0) is 45.3 Å². The Labute approximate surface area is 706 Å². The molecule has 2 aliphatic carbocycles. The molecule has 2 saturated carbocycles. The van der Waals surface area contributed by atoms with E-state index in [1.165, 1.54) is 131 Å². The molecule has 3 N–H and O–H groups in total. The van der Waals surface area contributed by atoms with Crippen molar-refractivity contribution in [3.05, 3.63) is 290 Å². The molecule has 4 aromatic heterocycles. The molecule has 17 nitrogen and oxygen atoms in total. The van der Waals surface area contributed by atoms with Crippen LogP contribution < -0.4 is 27.9 Å². The molecule has 0 atom stereocenters. The van der Waals surface area contributed by atoms with Gasteiger partial charge in [0, 0.05) is 34.1 Å². The predicted molar refractivity (Wildman–Crippen MR) is 467 cm³/mol. The number of aromatic nitrogens is 10. The van der Waals surface area contributed by atoms with Gasteiger partial charge in [-0.2, -0.15) is 25.1 Å². The van der Waals surface area contributed by atoms with Gasteiger partial charge in [0.2, 0.25) is 0 Å². The van der Waals surface area contributed by atoms with Crippen molar-refractivity contribution in [2.45, 2.75) is 213 Å². The Kier molecular flexibility index (Phi) is 31.9. The van der Waals surface area contributed by atoms with E-state index in [2.05, 4.69) is 153 Å². The number of nitrogen functional groups attached to an aromatic ring is 1. The van der Waals surface area contributed by atoms with Crippen LogP contribution in [0.25, 0.3) is 44.8 Å². The van der Waals surface area contributed by atoms with Gasteiger partial charge >= 0.3 is 52.3 Å². The summed E-state index contributed by atoms with van der Waals surface area (Å²) in [5.74, 6) is 0.981. The molecule has 0 radical (unpaired) electrons. The summed E-state index contributed by atoms with van der Waals surface area (Å²) in [6, 6.07) is 61.0. The Balaban J connectivity index is 0.000000157. The van der Waals surface area contributed by atoms with E-state index in [4.69, 9.17) is 19.8 Å². The minimum absolute atomic E-state index is 0.0651. The zero-order valence-corrected chi connectivity index (χ0v) is 73.4. The number of nitrogens with one attached hydrogen (secondary N) is 1. The number of aromatic amines is 1. The van der Waals surface area contributed by atoms with Crippen molar-refractivity contribution >= 4 is 63.0 Å². The number of carbonyl (C=O) groups excluding carboxylic acids is 1. The van der Waals surface area contributed by atoms with E-state index < -0.39 is 30.0 Å². The molecule has 612 valence electrons. The quantitative estimate of drug-likeness (QED) is 0.0404. The topological polar surface area (TPSA) is 197 Å². The molecule has 5 heterocycles. The van der Waals surface area contributed by atoms with Crippen LogP contribution in [0.2, 0.25) is 0 Å². The molecule has 15 rings (SSSR count). The Bertz CT molecular complexity index is 5180. The molecule has 3 aliphatic rings. The summed E-state index contributed by atoms with van der Waals surface area (Å²) in [6.07, 6.45) is 23.8. The normalized spacial score (nSPS) is 14.6. The zero-order valence-electron chi connectivity index (χ0n) is 68.6. The van der Waals surface area contributed by atoms with Crippen LogP contribution in [0.3, 0.4) is 0 Å². The first kappa shape index (κ1) is 89.4. The van der Waals surface area contributed by atoms with E-state index in [1.807, 2.05) is 146 Å². The second kappa shape index (κ2) is 41.4. The maximum absolute atomic E-state index is 13.3. The van der Waals surface area contributed by atoms with Gasteiger partial charge in [-0.1, -0.05) is 194 Å². The second-order valence-electron chi connectivity index (χ2n) is 32.4. The van der Waals surface area contributed by atoms with Crippen LogP contribution in [-0.4, -0.2) is 90.0 Å². The van der Waals surface area contributed by atoms with Crippen molar-refractivity contribution in [1.82, 2.24) is 48.7 Å². The van der Waals surface area contributed by atoms with Gasteiger partial charge < -0.3 is 19.8 Å². The van der Waals surface area contributed by atoms with Crippen LogP contribution in [0.1, 0.15) is 200 Å². The maximum atomic E-state index is 13.3. The van der Waals surface area contributed by atoms with Crippen molar-refractivity contribution in [2.24, 2.45) is 0 Å². The number of ether oxygens (including phenoxy) is 1. The van der Waals surface area contributed by atoms with Crippen molar-refractivity contribution < 1.29 is 45.8 Å². The number of halogens is 4. The number of H-pyrrole nitrogens is 1. The fraction of sp³-hybridized carbons (Fsp3) is 0.359. The van der Waals surface area contributed by atoms with E-state index >= 15 is 0 Å². The summed E-state index contributed by atoms with van der Waals surface area (Å²) in [4.78, 5) is 36.8. The summed E-state index contributed by atoms with van der Waals surface area (Å²) in [5.41, 5.74) is 21.8. The fourth-order valence-electron chi connectivity index (χ4n) is 14.4. The third-order valence-corrected chi connectivity index (χ3v) is 25.2. The molecule has 116 heavy (non-hydrogen) atoms. The van der Waals surface area contributed by atoms with Gasteiger partial charge in [0.25, 0.3) is 0 Å². The van der Waals surface area contributed by atoms with E-state index in [0.29, 0.717) is 40.0 Å². The SMILES string of the molecule is CC(C)(C)OC(=O)n1cc(B2OC(C)(C)C(C)(C)O2)cn1.CC(C)c1cc(C(C)C)c(-c2cccc(P(C3CCCCC3)C3CCCCC3)c2)c(C(C)C)c1.Nc1ccccc1-c1[c-]cccc1.O=c1n(-c2ccc(-c3cn[nH]c3)cc2)cnn1Cc1cccc(F)c1.O=c1n(-c2ccc(Br)cc2)cnn1Cc1cccc(F)c1.[Cl][Pd+]. The molecule has 3 fully saturated rings. The molecular weight excluding hydrogens is 1660 g/mol. The van der Waals surface area contributed by atoms with Gasteiger partial charge in [-0.05, 0) is 232 Å². The van der Waals surface area contributed by atoms with Crippen molar-refractivity contribution in [3.8, 4) is 44.8 Å². The Morgan fingerprint density at radius 2 is 1.16 bits per heavy atom. The number of carbonyl (C=O) groups is 1. The first-order valence-corrected chi connectivity index (χ1v) is 44.0. The van der Waals surface area contributed by atoms with Crippen molar-refractivity contribution in [3.63, 3.8) is 0 Å². The Morgan fingerprint density at radius 1 is 0.638 bits per heavy atom. The monoisotopic (exact) mass is 1760 g/mol.